The number of rotatable bonds is 2. The first-order valence-corrected chi connectivity index (χ1v) is 5.55. The van der Waals surface area contributed by atoms with Crippen LogP contribution in [0.5, 0.6) is 0 Å². The van der Waals surface area contributed by atoms with E-state index in [-0.39, 0.29) is 25.0 Å². The summed E-state index contributed by atoms with van der Waals surface area (Å²) in [5.74, 6) is 0. The van der Waals surface area contributed by atoms with Crippen LogP contribution in [0.3, 0.4) is 0 Å². The monoisotopic (exact) mass is 242 g/mol. The van der Waals surface area contributed by atoms with Crippen molar-refractivity contribution in [3.8, 4) is 12.8 Å². The molecule has 2 rings (SSSR count). The van der Waals surface area contributed by atoms with Gasteiger partial charge in [-0.3, -0.25) is 4.90 Å². The Hall–Kier alpha value is -1.29. The summed E-state index contributed by atoms with van der Waals surface area (Å²) in [5.41, 5.74) is 0. The maximum absolute atomic E-state index is 11.5. The van der Waals surface area contributed by atoms with Crippen molar-refractivity contribution in [3.05, 3.63) is 0 Å². The van der Waals surface area contributed by atoms with Gasteiger partial charge in [0.25, 0.3) is 0 Å². The first-order chi connectivity index (χ1) is 8.20. The van der Waals surface area contributed by atoms with Gasteiger partial charge in [0.15, 0.2) is 0 Å². The van der Waals surface area contributed by atoms with Crippen LogP contribution in [0.4, 0.5) is 4.79 Å². The van der Waals surface area contributed by atoms with E-state index in [0.717, 1.165) is 12.8 Å². The number of carbonyl (C=O) groups excluding carboxylic acids is 1. The van der Waals surface area contributed by atoms with Gasteiger partial charge in [-0.2, -0.15) is 0 Å². The van der Waals surface area contributed by atoms with Crippen LogP contribution in [-0.4, -0.2) is 52.9 Å². The van der Waals surface area contributed by atoms with E-state index >= 15 is 0 Å². The van der Waals surface area contributed by atoms with Crippen LogP contribution in [0.15, 0.2) is 0 Å². The SMILES string of the molecule is C#C.O=C1NC(O)CCN1[C@H]1CCC(CO)O1. The second-order valence-corrected chi connectivity index (χ2v) is 3.92. The minimum atomic E-state index is -0.746. The molecule has 2 aliphatic heterocycles. The molecule has 2 saturated heterocycles. The van der Waals surface area contributed by atoms with E-state index in [0.29, 0.717) is 13.0 Å². The second kappa shape index (κ2) is 6.45. The van der Waals surface area contributed by atoms with Gasteiger partial charge in [0.2, 0.25) is 0 Å². The number of hydrogen-bond donors (Lipinski definition) is 3. The Morgan fingerprint density at radius 2 is 2.12 bits per heavy atom. The van der Waals surface area contributed by atoms with Crippen LogP contribution in [0.2, 0.25) is 0 Å². The third-order valence-corrected chi connectivity index (χ3v) is 2.83. The molecular formula is C11H18N2O4. The van der Waals surface area contributed by atoms with Crippen molar-refractivity contribution in [2.24, 2.45) is 0 Å². The Morgan fingerprint density at radius 1 is 1.41 bits per heavy atom. The molecule has 0 radical (unpaired) electrons. The number of ether oxygens (including phenoxy) is 1. The first-order valence-electron chi connectivity index (χ1n) is 5.55. The van der Waals surface area contributed by atoms with Crippen molar-refractivity contribution < 1.29 is 19.7 Å². The van der Waals surface area contributed by atoms with Gasteiger partial charge >= 0.3 is 6.03 Å². The number of nitrogens with one attached hydrogen (secondary N) is 1. The molecule has 96 valence electrons. The van der Waals surface area contributed by atoms with E-state index in [1.54, 1.807) is 4.90 Å². The van der Waals surface area contributed by atoms with E-state index in [1.807, 2.05) is 0 Å². The van der Waals surface area contributed by atoms with E-state index in [1.165, 1.54) is 0 Å². The summed E-state index contributed by atoms with van der Waals surface area (Å²) in [6, 6.07) is -0.294. The fraction of sp³-hybridized carbons (Fsp3) is 0.727. The van der Waals surface area contributed by atoms with Gasteiger partial charge in [-0.25, -0.2) is 4.79 Å². The van der Waals surface area contributed by atoms with Crippen molar-refractivity contribution in [1.82, 2.24) is 10.2 Å². The van der Waals surface area contributed by atoms with Crippen LogP contribution in [0.25, 0.3) is 0 Å². The van der Waals surface area contributed by atoms with E-state index < -0.39 is 6.23 Å². The predicted octanol–water partition coefficient (Wildman–Crippen LogP) is -0.533. The van der Waals surface area contributed by atoms with Crippen molar-refractivity contribution in [1.29, 1.82) is 0 Å². The lowest BCUT2D eigenvalue weighted by molar-refractivity contribution is -0.0625. The average molecular weight is 242 g/mol. The third kappa shape index (κ3) is 3.33. The Kier molecular flexibility index (Phi) is 5.22. The minimum absolute atomic E-state index is 0.00537. The molecule has 0 aromatic carbocycles. The van der Waals surface area contributed by atoms with E-state index in [4.69, 9.17) is 9.84 Å². The molecule has 2 unspecified atom stereocenters. The highest BCUT2D eigenvalue weighted by Crippen LogP contribution is 2.23. The molecule has 2 aliphatic rings. The second-order valence-electron chi connectivity index (χ2n) is 3.92. The summed E-state index contributed by atoms with van der Waals surface area (Å²) in [6.45, 7) is 0.490. The van der Waals surface area contributed by atoms with Gasteiger partial charge in [0.05, 0.1) is 12.7 Å². The van der Waals surface area contributed by atoms with Crippen molar-refractivity contribution >= 4 is 6.03 Å². The highest BCUT2D eigenvalue weighted by Gasteiger charge is 2.35. The average Bonchev–Trinajstić information content (AvgIpc) is 2.80. The standard InChI is InChI=1S/C9H16N2O4.C2H2/c12-5-6-1-2-8(15-6)11-4-3-7(13)10-9(11)14;1-2/h6-8,12-13H,1-5H2,(H,10,14);1-2H/t6?,7?,8-;/m1./s1. The van der Waals surface area contributed by atoms with Crippen LogP contribution >= 0.6 is 0 Å². The Labute approximate surface area is 101 Å². The maximum Gasteiger partial charge on any atom is 0.321 e. The topological polar surface area (TPSA) is 82.0 Å². The summed E-state index contributed by atoms with van der Waals surface area (Å²) in [6.07, 6.45) is 8.87. The Balaban J connectivity index is 0.000000686. The molecule has 2 heterocycles. The summed E-state index contributed by atoms with van der Waals surface area (Å²) in [5, 5.41) is 20.5. The van der Waals surface area contributed by atoms with Gasteiger partial charge in [-0.1, -0.05) is 0 Å². The van der Waals surface area contributed by atoms with Crippen LogP contribution in [-0.2, 0) is 4.74 Å². The lowest BCUT2D eigenvalue weighted by Crippen LogP contribution is -2.55. The van der Waals surface area contributed by atoms with E-state index in [9.17, 15) is 9.90 Å². The number of carbonyl (C=O) groups is 1. The molecule has 0 aromatic rings. The summed E-state index contributed by atoms with van der Waals surface area (Å²) in [7, 11) is 0. The molecule has 0 spiro atoms. The molecular weight excluding hydrogens is 224 g/mol. The summed E-state index contributed by atoms with van der Waals surface area (Å²) < 4.78 is 5.49. The number of amides is 2. The normalized spacial score (nSPS) is 32.6. The number of terminal acetylenes is 1. The fourth-order valence-corrected chi connectivity index (χ4v) is 1.99. The number of hydrogen-bond acceptors (Lipinski definition) is 4. The molecule has 6 heteroatoms. The minimum Gasteiger partial charge on any atom is -0.394 e. The number of aliphatic hydroxyl groups is 2. The molecule has 3 N–H and O–H groups in total. The zero-order valence-corrected chi connectivity index (χ0v) is 9.58. The molecule has 2 fully saturated rings. The maximum atomic E-state index is 11.5. The molecule has 6 nitrogen and oxygen atoms in total. The van der Waals surface area contributed by atoms with Gasteiger partial charge < -0.3 is 20.3 Å². The van der Waals surface area contributed by atoms with Crippen molar-refractivity contribution in [2.75, 3.05) is 13.2 Å². The van der Waals surface area contributed by atoms with Gasteiger partial charge in [-0.05, 0) is 12.8 Å². The predicted molar refractivity (Wildman–Crippen MR) is 60.7 cm³/mol. The van der Waals surface area contributed by atoms with Crippen molar-refractivity contribution in [3.63, 3.8) is 0 Å². The molecule has 17 heavy (non-hydrogen) atoms. The fourth-order valence-electron chi connectivity index (χ4n) is 1.99. The lowest BCUT2D eigenvalue weighted by atomic mass is 10.2. The third-order valence-electron chi connectivity index (χ3n) is 2.83. The number of urea groups is 1. The lowest BCUT2D eigenvalue weighted by Gasteiger charge is -2.34. The van der Waals surface area contributed by atoms with Crippen LogP contribution < -0.4 is 5.32 Å². The molecule has 0 saturated carbocycles. The number of nitrogens with zero attached hydrogens (tertiary/aromatic N) is 1. The van der Waals surface area contributed by atoms with Gasteiger partial charge in [-0.15, -0.1) is 12.8 Å². The zero-order chi connectivity index (χ0) is 12.8. The van der Waals surface area contributed by atoms with Crippen LogP contribution in [0.1, 0.15) is 19.3 Å². The smallest absolute Gasteiger partial charge is 0.321 e. The van der Waals surface area contributed by atoms with E-state index in [2.05, 4.69) is 18.2 Å². The quantitative estimate of drug-likeness (QED) is 0.568. The molecule has 2 amide bonds. The molecule has 0 bridgehead atoms. The summed E-state index contributed by atoms with van der Waals surface area (Å²) in [4.78, 5) is 13.1. The largest absolute Gasteiger partial charge is 0.394 e. The summed E-state index contributed by atoms with van der Waals surface area (Å²) >= 11 is 0. The van der Waals surface area contributed by atoms with Crippen LogP contribution in [0, 0.1) is 12.8 Å². The molecule has 0 aromatic heterocycles. The zero-order valence-electron chi connectivity index (χ0n) is 9.58. The Bertz CT molecular complexity index is 282. The molecule has 3 atom stereocenters. The highest BCUT2D eigenvalue weighted by molar-refractivity contribution is 5.75. The van der Waals surface area contributed by atoms with Gasteiger partial charge in [0.1, 0.15) is 12.5 Å². The number of aliphatic hydroxyl groups excluding tert-OH is 2. The van der Waals surface area contributed by atoms with Crippen molar-refractivity contribution in [2.45, 2.75) is 37.8 Å². The Morgan fingerprint density at radius 3 is 2.65 bits per heavy atom. The molecule has 0 aliphatic carbocycles. The van der Waals surface area contributed by atoms with Gasteiger partial charge in [0, 0.05) is 13.0 Å². The first kappa shape index (κ1) is 13.8. The highest BCUT2D eigenvalue weighted by atomic mass is 16.5.